The van der Waals surface area contributed by atoms with Crippen molar-refractivity contribution in [2.45, 2.75) is 38.4 Å². The summed E-state index contributed by atoms with van der Waals surface area (Å²) < 4.78 is 44.5. The standard InChI is InChI=1S/C24H21ClF3N3O3/c1-13(32)16-10-30(19-8-3-2-6-15(16)19)12-20(33)31-11-18(26)22(28)23(31)24(34)29-9-14-5-4-7-17(25)21(14)27/h2-8,10,18,22-23H,9,11-12H2,1H3,(H,29,34)/t18-,22+,23+/m0/s1. The van der Waals surface area contributed by atoms with Crippen LogP contribution in [0, 0.1) is 5.82 Å². The van der Waals surface area contributed by atoms with E-state index in [0.29, 0.717) is 16.5 Å². The minimum Gasteiger partial charge on any atom is -0.350 e. The van der Waals surface area contributed by atoms with Crippen LogP contribution in [0.4, 0.5) is 13.2 Å². The SMILES string of the molecule is CC(=O)c1cn(CC(=O)N2C[C@H](F)[C@@H](F)[C@@H]2C(=O)NCc2cccc(Cl)c2F)c2ccccc12. The van der Waals surface area contributed by atoms with Gasteiger partial charge in [-0.05, 0) is 19.1 Å². The molecule has 0 spiro atoms. The van der Waals surface area contributed by atoms with E-state index >= 15 is 0 Å². The number of Topliss-reactive ketones (excluding diaryl/α,β-unsaturated/α-hetero) is 1. The zero-order valence-electron chi connectivity index (χ0n) is 18.1. The van der Waals surface area contributed by atoms with Gasteiger partial charge in [0, 0.05) is 34.8 Å². The van der Waals surface area contributed by atoms with Gasteiger partial charge in [-0.1, -0.05) is 41.9 Å². The summed E-state index contributed by atoms with van der Waals surface area (Å²) in [7, 11) is 0. The number of carbonyl (C=O) groups is 3. The van der Waals surface area contributed by atoms with Crippen LogP contribution in [0.2, 0.25) is 5.02 Å². The Bertz CT molecular complexity index is 1280. The van der Waals surface area contributed by atoms with E-state index < -0.39 is 42.6 Å². The van der Waals surface area contributed by atoms with Crippen LogP contribution < -0.4 is 5.32 Å². The average molecular weight is 492 g/mol. The minimum atomic E-state index is -2.23. The van der Waals surface area contributed by atoms with Gasteiger partial charge in [-0.25, -0.2) is 13.2 Å². The molecule has 178 valence electrons. The average Bonchev–Trinajstić information content (AvgIpc) is 3.32. The molecule has 0 radical (unpaired) electrons. The number of benzene rings is 2. The summed E-state index contributed by atoms with van der Waals surface area (Å²) in [6, 6.07) is 9.47. The Morgan fingerprint density at radius 1 is 1.12 bits per heavy atom. The van der Waals surface area contributed by atoms with E-state index in [2.05, 4.69) is 5.32 Å². The van der Waals surface area contributed by atoms with Crippen LogP contribution in [0.3, 0.4) is 0 Å². The fraction of sp³-hybridized carbons (Fsp3) is 0.292. The molecule has 1 N–H and O–H groups in total. The number of para-hydroxylation sites is 1. The first-order valence-electron chi connectivity index (χ1n) is 10.6. The molecule has 10 heteroatoms. The number of likely N-dealkylation sites (tertiary alicyclic amines) is 1. The van der Waals surface area contributed by atoms with Gasteiger partial charge in [-0.2, -0.15) is 0 Å². The van der Waals surface area contributed by atoms with Crippen LogP contribution >= 0.6 is 11.6 Å². The molecule has 1 fully saturated rings. The summed E-state index contributed by atoms with van der Waals surface area (Å²) in [6.45, 7) is 0.179. The molecule has 2 heterocycles. The van der Waals surface area contributed by atoms with Crippen molar-refractivity contribution in [1.82, 2.24) is 14.8 Å². The van der Waals surface area contributed by atoms with Crippen LogP contribution in [-0.2, 0) is 22.7 Å². The summed E-state index contributed by atoms with van der Waals surface area (Å²) in [5, 5.41) is 2.88. The Kier molecular flexibility index (Phi) is 6.65. The van der Waals surface area contributed by atoms with Crippen LogP contribution in [0.5, 0.6) is 0 Å². The van der Waals surface area contributed by atoms with Crippen LogP contribution in [-0.4, -0.2) is 52.0 Å². The Labute approximate surface area is 198 Å². The normalized spacial score (nSPS) is 20.0. The van der Waals surface area contributed by atoms with Gasteiger partial charge < -0.3 is 14.8 Å². The number of carbonyl (C=O) groups excluding carboxylic acids is 3. The van der Waals surface area contributed by atoms with Crippen molar-refractivity contribution in [3.63, 3.8) is 0 Å². The third kappa shape index (κ3) is 4.40. The lowest BCUT2D eigenvalue weighted by molar-refractivity contribution is -0.140. The summed E-state index contributed by atoms with van der Waals surface area (Å²) >= 11 is 5.73. The number of halogens is 4. The lowest BCUT2D eigenvalue weighted by atomic mass is 10.1. The van der Waals surface area contributed by atoms with Gasteiger partial charge in [0.15, 0.2) is 18.1 Å². The molecule has 1 aromatic heterocycles. The van der Waals surface area contributed by atoms with Gasteiger partial charge >= 0.3 is 0 Å². The van der Waals surface area contributed by atoms with Crippen LogP contribution in [0.1, 0.15) is 22.8 Å². The highest BCUT2D eigenvalue weighted by Gasteiger charge is 2.48. The molecule has 0 bridgehead atoms. The first-order chi connectivity index (χ1) is 16.2. The largest absolute Gasteiger partial charge is 0.350 e. The van der Waals surface area contributed by atoms with Gasteiger partial charge in [-0.3, -0.25) is 14.4 Å². The summed E-state index contributed by atoms with van der Waals surface area (Å²) in [5.74, 6) is -2.55. The number of nitrogens with zero attached hydrogens (tertiary/aromatic N) is 2. The number of alkyl halides is 2. The second-order valence-corrected chi connectivity index (χ2v) is 8.53. The third-order valence-electron chi connectivity index (χ3n) is 5.90. The summed E-state index contributed by atoms with van der Waals surface area (Å²) in [6.07, 6.45) is -2.77. The van der Waals surface area contributed by atoms with Crippen LogP contribution in [0.25, 0.3) is 10.9 Å². The van der Waals surface area contributed by atoms with Crippen molar-refractivity contribution in [3.05, 3.63) is 70.6 Å². The number of rotatable bonds is 6. The molecule has 1 aliphatic heterocycles. The first kappa shape index (κ1) is 23.8. The fourth-order valence-electron chi connectivity index (χ4n) is 4.18. The van der Waals surface area contributed by atoms with E-state index in [4.69, 9.17) is 11.6 Å². The van der Waals surface area contributed by atoms with Gasteiger partial charge in [-0.15, -0.1) is 0 Å². The van der Waals surface area contributed by atoms with E-state index in [1.54, 1.807) is 24.3 Å². The number of ketones is 1. The van der Waals surface area contributed by atoms with Crippen molar-refractivity contribution < 1.29 is 27.6 Å². The molecule has 0 saturated carbocycles. The Balaban J connectivity index is 1.54. The van der Waals surface area contributed by atoms with E-state index in [0.717, 1.165) is 4.90 Å². The molecular formula is C24H21ClF3N3O3. The maximum Gasteiger partial charge on any atom is 0.246 e. The molecule has 4 rings (SSSR count). The zero-order chi connectivity index (χ0) is 24.6. The Hall–Kier alpha value is -3.33. The van der Waals surface area contributed by atoms with Crippen molar-refractivity contribution in [2.75, 3.05) is 6.54 Å². The number of nitrogens with one attached hydrogen (secondary N) is 1. The first-order valence-corrected chi connectivity index (χ1v) is 10.9. The predicted octanol–water partition coefficient (Wildman–Crippen LogP) is 3.84. The fourth-order valence-corrected chi connectivity index (χ4v) is 4.38. The van der Waals surface area contributed by atoms with Crippen LogP contribution in [0.15, 0.2) is 48.7 Å². The van der Waals surface area contributed by atoms with Gasteiger partial charge in [0.25, 0.3) is 0 Å². The van der Waals surface area contributed by atoms with E-state index in [1.165, 1.54) is 35.9 Å². The van der Waals surface area contributed by atoms with Crippen molar-refractivity contribution in [3.8, 4) is 0 Å². The van der Waals surface area contributed by atoms with E-state index in [1.807, 2.05) is 0 Å². The number of hydrogen-bond acceptors (Lipinski definition) is 3. The second kappa shape index (κ2) is 9.50. The molecule has 1 aliphatic rings. The van der Waals surface area contributed by atoms with E-state index in [9.17, 15) is 27.6 Å². The maximum absolute atomic E-state index is 14.6. The molecule has 1 saturated heterocycles. The number of fused-ring (bicyclic) bond motifs is 1. The van der Waals surface area contributed by atoms with Crippen molar-refractivity contribution in [1.29, 1.82) is 0 Å². The lowest BCUT2D eigenvalue weighted by Gasteiger charge is -2.24. The number of aromatic nitrogens is 1. The topological polar surface area (TPSA) is 71.4 Å². The molecule has 6 nitrogen and oxygen atoms in total. The van der Waals surface area contributed by atoms with Crippen molar-refractivity contribution in [2.24, 2.45) is 0 Å². The van der Waals surface area contributed by atoms with Gasteiger partial charge in [0.05, 0.1) is 11.6 Å². The lowest BCUT2D eigenvalue weighted by Crippen LogP contribution is -2.50. The predicted molar refractivity (Wildman–Crippen MR) is 120 cm³/mol. The summed E-state index contributed by atoms with van der Waals surface area (Å²) in [5.41, 5.74) is 1.08. The maximum atomic E-state index is 14.6. The highest BCUT2D eigenvalue weighted by atomic mass is 35.5. The van der Waals surface area contributed by atoms with Crippen molar-refractivity contribution >= 4 is 40.1 Å². The monoisotopic (exact) mass is 491 g/mol. The Morgan fingerprint density at radius 2 is 1.85 bits per heavy atom. The molecule has 3 atom stereocenters. The third-order valence-corrected chi connectivity index (χ3v) is 6.19. The second-order valence-electron chi connectivity index (χ2n) is 8.13. The van der Waals surface area contributed by atoms with E-state index in [-0.39, 0.29) is 29.5 Å². The number of amides is 2. The Morgan fingerprint density at radius 3 is 2.59 bits per heavy atom. The highest BCUT2D eigenvalue weighted by Crippen LogP contribution is 2.27. The van der Waals surface area contributed by atoms with Gasteiger partial charge in [0.2, 0.25) is 11.8 Å². The van der Waals surface area contributed by atoms with Gasteiger partial charge in [0.1, 0.15) is 18.4 Å². The minimum absolute atomic E-state index is 0.0690. The molecule has 0 unspecified atom stereocenters. The quantitative estimate of drug-likeness (QED) is 0.533. The molecule has 0 aliphatic carbocycles. The molecule has 2 amide bonds. The highest BCUT2D eigenvalue weighted by molar-refractivity contribution is 6.30. The molecule has 2 aromatic carbocycles. The molecule has 3 aromatic rings. The number of hydrogen-bond donors (Lipinski definition) is 1. The zero-order valence-corrected chi connectivity index (χ0v) is 18.9. The molecular weight excluding hydrogens is 471 g/mol. The molecule has 34 heavy (non-hydrogen) atoms. The summed E-state index contributed by atoms with van der Waals surface area (Å²) in [4.78, 5) is 38.6. The smallest absolute Gasteiger partial charge is 0.246 e.